The molecule has 28 heavy (non-hydrogen) atoms. The number of imidazole rings is 1. The summed E-state index contributed by atoms with van der Waals surface area (Å²) in [6.07, 6.45) is 11.3. The summed E-state index contributed by atoms with van der Waals surface area (Å²) in [6, 6.07) is 0.351. The molecule has 0 aromatic carbocycles. The number of piperidine rings is 1. The Labute approximate surface area is 198 Å². The van der Waals surface area contributed by atoms with Gasteiger partial charge in [0.05, 0.1) is 12.2 Å². The molecule has 2 atom stereocenters. The van der Waals surface area contributed by atoms with Crippen LogP contribution < -0.4 is 39.2 Å². The maximum atomic E-state index is 12.6. The molecule has 1 saturated carbocycles. The molecule has 0 bridgehead atoms. The zero-order valence-electron chi connectivity index (χ0n) is 17.3. The summed E-state index contributed by atoms with van der Waals surface area (Å²) >= 11 is 4.32. The third-order valence-corrected chi connectivity index (χ3v) is 8.02. The minimum atomic E-state index is -1.01. The normalized spacial score (nSPS) is 23.1. The second-order valence-electron chi connectivity index (χ2n) is 8.88. The van der Waals surface area contributed by atoms with Crippen LogP contribution in [0.1, 0.15) is 52.9 Å². The van der Waals surface area contributed by atoms with Crippen molar-refractivity contribution >= 4 is 35.5 Å². The monoisotopic (exact) mass is 429 g/mol. The van der Waals surface area contributed by atoms with Crippen molar-refractivity contribution in [3.05, 3.63) is 18.7 Å². The van der Waals surface area contributed by atoms with E-state index in [9.17, 15) is 4.55 Å². The van der Waals surface area contributed by atoms with Crippen LogP contribution in [0.3, 0.4) is 0 Å². The van der Waals surface area contributed by atoms with Crippen LogP contribution in [0.15, 0.2) is 23.6 Å². The molecule has 2 aromatic heterocycles. The molecule has 1 saturated heterocycles. The van der Waals surface area contributed by atoms with Crippen molar-refractivity contribution in [3.8, 4) is 0 Å². The molecule has 1 aliphatic carbocycles. The van der Waals surface area contributed by atoms with Gasteiger partial charge in [0.2, 0.25) is 0 Å². The average molecular weight is 430 g/mol. The van der Waals surface area contributed by atoms with Crippen molar-refractivity contribution in [2.24, 2.45) is 5.41 Å². The molecule has 1 spiro atoms. The van der Waals surface area contributed by atoms with Crippen LogP contribution in [0.2, 0.25) is 0 Å². The largest absolute Gasteiger partial charge is 1.00 e. The van der Waals surface area contributed by atoms with Gasteiger partial charge in [0, 0.05) is 30.6 Å². The fourth-order valence-electron chi connectivity index (χ4n) is 4.44. The fraction of sp³-hybridized carbons (Fsp3) is 0.684. The summed E-state index contributed by atoms with van der Waals surface area (Å²) in [6.45, 7) is 8.05. The number of aromatic nitrogens is 3. The zero-order chi connectivity index (χ0) is 19.2. The molecule has 0 amide bonds. The van der Waals surface area contributed by atoms with Crippen LogP contribution in [0, 0.1) is 5.41 Å². The number of rotatable bonds is 3. The predicted octanol–water partition coefficient (Wildman–Crippen LogP) is -0.170. The Morgan fingerprint density at radius 2 is 2.00 bits per heavy atom. The Bertz CT molecular complexity index is 816. The van der Waals surface area contributed by atoms with Gasteiger partial charge in [-0.25, -0.2) is 9.97 Å². The SMILES string of the molecule is CC(C)(C)[S+]([O-])N[C@@H]1CCCC12CCN(c1cn3cncc([S-])c3n1)CC2.[Na+]. The molecule has 2 aromatic rings. The topological polar surface area (TPSA) is 68.5 Å². The van der Waals surface area contributed by atoms with E-state index in [2.05, 4.69) is 14.6 Å². The molecule has 1 unspecified atom stereocenters. The summed E-state index contributed by atoms with van der Waals surface area (Å²) in [5.41, 5.74) is 1.07. The molecule has 2 fully saturated rings. The Morgan fingerprint density at radius 1 is 1.29 bits per heavy atom. The van der Waals surface area contributed by atoms with Crippen LogP contribution in [0.4, 0.5) is 5.82 Å². The van der Waals surface area contributed by atoms with Crippen molar-refractivity contribution in [2.45, 2.75) is 68.6 Å². The van der Waals surface area contributed by atoms with E-state index >= 15 is 0 Å². The molecule has 9 heteroatoms. The van der Waals surface area contributed by atoms with Crippen molar-refractivity contribution in [2.75, 3.05) is 18.0 Å². The second-order valence-corrected chi connectivity index (χ2v) is 11.3. The first-order chi connectivity index (χ1) is 12.8. The van der Waals surface area contributed by atoms with E-state index in [0.717, 1.165) is 43.8 Å². The van der Waals surface area contributed by atoms with Crippen LogP contribution in [0.25, 0.3) is 5.65 Å². The summed E-state index contributed by atoms with van der Waals surface area (Å²) in [4.78, 5) is 11.9. The summed E-state index contributed by atoms with van der Waals surface area (Å²) in [7, 11) is 0. The molecule has 0 radical (unpaired) electrons. The van der Waals surface area contributed by atoms with Crippen LogP contribution in [-0.2, 0) is 24.0 Å². The second kappa shape index (κ2) is 8.57. The van der Waals surface area contributed by atoms with Gasteiger partial charge in [0.25, 0.3) is 0 Å². The van der Waals surface area contributed by atoms with Gasteiger partial charge in [0.15, 0.2) is 0 Å². The molecule has 6 nitrogen and oxygen atoms in total. The number of hydrogen-bond donors (Lipinski definition) is 1. The van der Waals surface area contributed by atoms with E-state index < -0.39 is 11.4 Å². The molecule has 1 aliphatic heterocycles. The van der Waals surface area contributed by atoms with Crippen molar-refractivity contribution < 1.29 is 34.1 Å². The van der Waals surface area contributed by atoms with Gasteiger partial charge in [0.1, 0.15) is 22.5 Å². The van der Waals surface area contributed by atoms with Gasteiger partial charge in [-0.2, -0.15) is 0 Å². The maximum Gasteiger partial charge on any atom is 1.00 e. The Balaban J connectivity index is 0.00000225. The van der Waals surface area contributed by atoms with E-state index in [1.54, 1.807) is 12.5 Å². The van der Waals surface area contributed by atoms with Crippen molar-refractivity contribution in [3.63, 3.8) is 0 Å². The molecular weight excluding hydrogens is 401 g/mol. The van der Waals surface area contributed by atoms with Crippen LogP contribution >= 0.6 is 0 Å². The van der Waals surface area contributed by atoms with E-state index in [-0.39, 0.29) is 39.7 Å². The zero-order valence-corrected chi connectivity index (χ0v) is 20.9. The first-order valence-electron chi connectivity index (χ1n) is 9.71. The first-order valence-corrected chi connectivity index (χ1v) is 11.3. The summed E-state index contributed by atoms with van der Waals surface area (Å²) < 4.78 is 17.8. The Morgan fingerprint density at radius 3 is 2.64 bits per heavy atom. The van der Waals surface area contributed by atoms with Gasteiger partial charge >= 0.3 is 29.6 Å². The maximum absolute atomic E-state index is 12.6. The van der Waals surface area contributed by atoms with Gasteiger partial charge in [-0.1, -0.05) is 6.42 Å². The van der Waals surface area contributed by atoms with E-state index in [4.69, 9.17) is 17.6 Å². The van der Waals surface area contributed by atoms with Gasteiger partial charge in [-0.15, -0.1) is 9.62 Å². The minimum Gasteiger partial charge on any atom is -0.775 e. The molecule has 3 heterocycles. The third-order valence-electron chi connectivity index (χ3n) is 6.12. The minimum absolute atomic E-state index is 0. The number of fused-ring (bicyclic) bond motifs is 1. The smallest absolute Gasteiger partial charge is 0.775 e. The summed E-state index contributed by atoms with van der Waals surface area (Å²) in [5, 5.41) is 0. The predicted molar refractivity (Wildman–Crippen MR) is 111 cm³/mol. The van der Waals surface area contributed by atoms with Gasteiger partial charge in [-0.05, 0) is 51.9 Å². The number of hydrogen-bond acceptors (Lipinski definition) is 6. The van der Waals surface area contributed by atoms with Gasteiger partial charge in [-0.3, -0.25) is 4.40 Å². The Kier molecular flexibility index (Phi) is 6.92. The number of nitrogens with one attached hydrogen (secondary N) is 1. The number of nitrogens with zero attached hydrogens (tertiary/aromatic N) is 4. The van der Waals surface area contributed by atoms with Crippen LogP contribution in [-0.4, -0.2) is 42.8 Å². The van der Waals surface area contributed by atoms with Crippen molar-refractivity contribution in [1.82, 2.24) is 19.1 Å². The first kappa shape index (κ1) is 22.6. The number of anilines is 1. The van der Waals surface area contributed by atoms with E-state index in [0.29, 0.717) is 10.9 Å². The van der Waals surface area contributed by atoms with Gasteiger partial charge < -0.3 is 22.1 Å². The van der Waals surface area contributed by atoms with Crippen molar-refractivity contribution in [1.29, 1.82) is 0 Å². The average Bonchev–Trinajstić information content (AvgIpc) is 3.21. The third kappa shape index (κ3) is 4.33. The van der Waals surface area contributed by atoms with E-state index in [1.807, 2.05) is 31.4 Å². The molecular formula is C19H28N5NaOS2. The Hall–Kier alpha value is -0.0900. The summed E-state index contributed by atoms with van der Waals surface area (Å²) in [5.74, 6) is 0.977. The quantitative estimate of drug-likeness (QED) is 0.415. The molecule has 1 N–H and O–H groups in total. The van der Waals surface area contributed by atoms with E-state index in [1.165, 1.54) is 12.8 Å². The standard InChI is InChI=1S/C19H29N5OS2.Na/c1-18(2,3)27(25)22-15-5-4-6-19(15)7-9-23(10-8-19)16-12-24-13-20-11-14(26)17(24)21-16;/h11-13,15,22,26H,4-10H2,1-3H3;/q;+1/p-1/t15-,27?;/m1./s1. The van der Waals surface area contributed by atoms with Crippen LogP contribution in [0.5, 0.6) is 0 Å². The molecule has 2 aliphatic rings. The molecule has 4 rings (SSSR count). The fourth-order valence-corrected chi connectivity index (χ4v) is 5.63. The molecule has 148 valence electrons.